The highest BCUT2D eigenvalue weighted by Gasteiger charge is 2.25. The van der Waals surface area contributed by atoms with E-state index in [4.69, 9.17) is 10.5 Å². The minimum Gasteiger partial charge on any atom is -0.493 e. The van der Waals surface area contributed by atoms with Gasteiger partial charge in [0.1, 0.15) is 0 Å². The van der Waals surface area contributed by atoms with Crippen molar-refractivity contribution in [1.29, 1.82) is 0 Å². The molecule has 0 aliphatic rings. The molecule has 0 radical (unpaired) electrons. The van der Waals surface area contributed by atoms with Crippen LogP contribution in [0.3, 0.4) is 0 Å². The average Bonchev–Trinajstić information content (AvgIpc) is 2.16. The van der Waals surface area contributed by atoms with E-state index < -0.39 is 0 Å². The van der Waals surface area contributed by atoms with Crippen LogP contribution in [-0.2, 0) is 5.41 Å². The molecule has 0 atom stereocenters. The second-order valence-corrected chi connectivity index (χ2v) is 4.97. The normalized spacial score (nSPS) is 11.6. The van der Waals surface area contributed by atoms with E-state index in [1.54, 1.807) is 0 Å². The van der Waals surface area contributed by atoms with E-state index in [1.165, 1.54) is 13.2 Å². The monoisotopic (exact) mass is 275 g/mol. The van der Waals surface area contributed by atoms with Crippen molar-refractivity contribution in [3.63, 3.8) is 0 Å². The molecule has 0 aliphatic carbocycles. The molecule has 2 N–H and O–H groups in total. The lowest BCUT2D eigenvalue weighted by Crippen LogP contribution is -2.28. The zero-order valence-electron chi connectivity index (χ0n) is 9.10. The van der Waals surface area contributed by atoms with Gasteiger partial charge < -0.3 is 10.5 Å². The average molecular weight is 276 g/mol. The molecule has 0 aromatic heterocycles. The fourth-order valence-corrected chi connectivity index (χ4v) is 1.81. The van der Waals surface area contributed by atoms with E-state index in [1.807, 2.05) is 19.9 Å². The summed E-state index contributed by atoms with van der Waals surface area (Å²) < 4.78 is 19.3. The molecule has 0 saturated carbocycles. The molecule has 1 aromatic rings. The zero-order valence-corrected chi connectivity index (χ0v) is 10.7. The summed E-state index contributed by atoms with van der Waals surface area (Å²) >= 11 is 3.26. The van der Waals surface area contributed by atoms with Gasteiger partial charge in [0.2, 0.25) is 0 Å². The molecule has 0 saturated heterocycles. The van der Waals surface area contributed by atoms with Crippen molar-refractivity contribution in [2.75, 3.05) is 13.7 Å². The van der Waals surface area contributed by atoms with Crippen molar-refractivity contribution in [2.24, 2.45) is 5.73 Å². The maximum absolute atomic E-state index is 13.6. The van der Waals surface area contributed by atoms with Gasteiger partial charge >= 0.3 is 0 Å². The second-order valence-electron chi connectivity index (χ2n) is 4.06. The van der Waals surface area contributed by atoms with Gasteiger partial charge in [0.25, 0.3) is 0 Å². The van der Waals surface area contributed by atoms with E-state index in [9.17, 15) is 4.39 Å². The number of benzene rings is 1. The third kappa shape index (κ3) is 2.49. The maximum atomic E-state index is 13.6. The number of hydrogen-bond donors (Lipinski definition) is 1. The number of halogens is 2. The fourth-order valence-electron chi connectivity index (χ4n) is 1.38. The van der Waals surface area contributed by atoms with Crippen molar-refractivity contribution in [1.82, 2.24) is 0 Å². The summed E-state index contributed by atoms with van der Waals surface area (Å²) in [5.41, 5.74) is 6.14. The molecular weight excluding hydrogens is 261 g/mol. The summed E-state index contributed by atoms with van der Waals surface area (Å²) in [7, 11) is 1.46. The Hall–Kier alpha value is -0.610. The first-order valence-electron chi connectivity index (χ1n) is 4.66. The van der Waals surface area contributed by atoms with Crippen LogP contribution in [0.25, 0.3) is 0 Å². The Balaban J connectivity index is 3.39. The third-order valence-electron chi connectivity index (χ3n) is 2.45. The summed E-state index contributed by atoms with van der Waals surface area (Å²) in [5.74, 6) is -0.1000. The topological polar surface area (TPSA) is 35.2 Å². The summed E-state index contributed by atoms with van der Waals surface area (Å²) in [4.78, 5) is 0. The molecule has 2 nitrogen and oxygen atoms in total. The Morgan fingerprint density at radius 1 is 1.47 bits per heavy atom. The Morgan fingerprint density at radius 2 is 2.07 bits per heavy atom. The van der Waals surface area contributed by atoms with Gasteiger partial charge in [0.05, 0.1) is 7.11 Å². The minimum absolute atomic E-state index is 0.272. The van der Waals surface area contributed by atoms with E-state index in [0.717, 1.165) is 5.56 Å². The first-order chi connectivity index (χ1) is 6.92. The lowest BCUT2D eigenvalue weighted by molar-refractivity contribution is 0.367. The van der Waals surface area contributed by atoms with Crippen LogP contribution in [0.15, 0.2) is 16.6 Å². The van der Waals surface area contributed by atoms with Crippen molar-refractivity contribution in [3.8, 4) is 5.75 Å². The molecule has 1 rings (SSSR count). The zero-order chi connectivity index (χ0) is 11.6. The number of hydrogen-bond acceptors (Lipinski definition) is 2. The first kappa shape index (κ1) is 12.5. The second kappa shape index (κ2) is 4.49. The van der Waals surface area contributed by atoms with E-state index in [2.05, 4.69) is 15.9 Å². The summed E-state index contributed by atoms with van der Waals surface area (Å²) in [5, 5.41) is 0. The number of methoxy groups -OCH3 is 1. The Kier molecular flexibility index (Phi) is 3.73. The molecule has 4 heteroatoms. The van der Waals surface area contributed by atoms with Gasteiger partial charge in [0, 0.05) is 22.0 Å². The van der Waals surface area contributed by atoms with Crippen molar-refractivity contribution >= 4 is 15.9 Å². The number of nitrogens with two attached hydrogens (primary N) is 1. The van der Waals surface area contributed by atoms with Gasteiger partial charge in [-0.05, 0) is 12.1 Å². The third-order valence-corrected chi connectivity index (χ3v) is 2.91. The summed E-state index contributed by atoms with van der Waals surface area (Å²) in [6, 6.07) is 3.23. The molecule has 15 heavy (non-hydrogen) atoms. The van der Waals surface area contributed by atoms with Crippen LogP contribution >= 0.6 is 15.9 Å². The van der Waals surface area contributed by atoms with Crippen LogP contribution in [-0.4, -0.2) is 13.7 Å². The number of ether oxygens (including phenoxy) is 1. The van der Waals surface area contributed by atoms with Gasteiger partial charge in [-0.1, -0.05) is 29.8 Å². The van der Waals surface area contributed by atoms with Crippen molar-refractivity contribution < 1.29 is 9.13 Å². The molecule has 0 heterocycles. The van der Waals surface area contributed by atoms with Gasteiger partial charge in [0.15, 0.2) is 11.6 Å². The summed E-state index contributed by atoms with van der Waals surface area (Å²) in [6.07, 6.45) is 0. The van der Waals surface area contributed by atoms with Gasteiger partial charge in [-0.25, -0.2) is 4.39 Å². The fraction of sp³-hybridized carbons (Fsp3) is 0.455. The highest BCUT2D eigenvalue weighted by atomic mass is 79.9. The molecule has 0 bridgehead atoms. The predicted molar refractivity (Wildman–Crippen MR) is 62.7 cm³/mol. The Morgan fingerprint density at radius 3 is 2.53 bits per heavy atom. The minimum atomic E-state index is -0.372. The highest BCUT2D eigenvalue weighted by molar-refractivity contribution is 9.10. The van der Waals surface area contributed by atoms with Crippen LogP contribution in [0.2, 0.25) is 0 Å². The molecule has 84 valence electrons. The molecule has 1 aromatic carbocycles. The molecule has 0 amide bonds. The molecule has 0 unspecified atom stereocenters. The predicted octanol–water partition coefficient (Wildman–Crippen LogP) is 2.83. The summed E-state index contributed by atoms with van der Waals surface area (Å²) in [6.45, 7) is 4.34. The Bertz CT molecular complexity index is 366. The van der Waals surface area contributed by atoms with E-state index in [-0.39, 0.29) is 17.0 Å². The Labute approximate surface area is 97.7 Å². The first-order valence-corrected chi connectivity index (χ1v) is 5.45. The SMILES string of the molecule is COc1c(F)cc(Br)cc1C(C)(C)CN. The van der Waals surface area contributed by atoms with Crippen LogP contribution in [0.5, 0.6) is 5.75 Å². The highest BCUT2D eigenvalue weighted by Crippen LogP contribution is 2.35. The van der Waals surface area contributed by atoms with Gasteiger partial charge in [-0.2, -0.15) is 0 Å². The number of rotatable bonds is 3. The van der Waals surface area contributed by atoms with E-state index >= 15 is 0 Å². The van der Waals surface area contributed by atoms with Crippen LogP contribution < -0.4 is 10.5 Å². The molecule has 0 fully saturated rings. The maximum Gasteiger partial charge on any atom is 0.166 e. The van der Waals surface area contributed by atoms with Crippen molar-refractivity contribution in [2.45, 2.75) is 19.3 Å². The largest absolute Gasteiger partial charge is 0.493 e. The molecule has 0 spiro atoms. The standard InChI is InChI=1S/C11H15BrFNO/c1-11(2,6-14)8-4-7(12)5-9(13)10(8)15-3/h4-5H,6,14H2,1-3H3. The van der Waals surface area contributed by atoms with E-state index in [0.29, 0.717) is 11.0 Å². The lowest BCUT2D eigenvalue weighted by Gasteiger charge is -2.25. The van der Waals surface area contributed by atoms with Crippen molar-refractivity contribution in [3.05, 3.63) is 28.0 Å². The van der Waals surface area contributed by atoms with Crippen LogP contribution in [0.1, 0.15) is 19.4 Å². The van der Waals surface area contributed by atoms with Gasteiger partial charge in [-0.15, -0.1) is 0 Å². The van der Waals surface area contributed by atoms with Crippen LogP contribution in [0, 0.1) is 5.82 Å². The molecular formula is C11H15BrFNO. The smallest absolute Gasteiger partial charge is 0.166 e. The quantitative estimate of drug-likeness (QED) is 0.921. The molecule has 0 aliphatic heterocycles. The lowest BCUT2D eigenvalue weighted by atomic mass is 9.84. The van der Waals surface area contributed by atoms with Crippen LogP contribution in [0.4, 0.5) is 4.39 Å². The van der Waals surface area contributed by atoms with Gasteiger partial charge in [-0.3, -0.25) is 0 Å².